The minimum atomic E-state index is -0.924. The van der Waals surface area contributed by atoms with E-state index in [1.165, 1.54) is 31.2 Å². The number of nitro benzene ring substituents is 2. The number of esters is 1. The summed E-state index contributed by atoms with van der Waals surface area (Å²) in [6.45, 7) is 0.864. The van der Waals surface area contributed by atoms with Gasteiger partial charge in [-0.15, -0.1) is 0 Å². The van der Waals surface area contributed by atoms with Gasteiger partial charge in [-0.2, -0.15) is 0 Å². The molecule has 2 aromatic carbocycles. The van der Waals surface area contributed by atoms with Crippen molar-refractivity contribution in [1.82, 2.24) is 0 Å². The highest BCUT2D eigenvalue weighted by Crippen LogP contribution is 2.28. The molecule has 26 heavy (non-hydrogen) atoms. The number of halogens is 1. The van der Waals surface area contributed by atoms with Crippen LogP contribution in [0.5, 0.6) is 0 Å². The molecule has 0 radical (unpaired) electrons. The van der Waals surface area contributed by atoms with E-state index in [0.29, 0.717) is 10.0 Å². The van der Waals surface area contributed by atoms with Crippen molar-refractivity contribution in [3.05, 3.63) is 77.8 Å². The Morgan fingerprint density at radius 2 is 1.77 bits per heavy atom. The van der Waals surface area contributed by atoms with E-state index in [-0.39, 0.29) is 22.5 Å². The second-order valence-corrected chi connectivity index (χ2v) is 6.02. The maximum atomic E-state index is 12.1. The van der Waals surface area contributed by atoms with E-state index < -0.39 is 28.2 Å². The Bertz CT molecular complexity index is 927. The van der Waals surface area contributed by atoms with Crippen molar-refractivity contribution < 1.29 is 24.2 Å². The van der Waals surface area contributed by atoms with Crippen molar-refractivity contribution in [2.45, 2.75) is 6.92 Å². The Hall–Kier alpha value is -3.14. The molecule has 0 atom stereocenters. The van der Waals surface area contributed by atoms with Gasteiger partial charge in [0.05, 0.1) is 15.4 Å². The van der Waals surface area contributed by atoms with Gasteiger partial charge in [-0.25, -0.2) is 4.79 Å². The van der Waals surface area contributed by atoms with Crippen LogP contribution < -0.4 is 0 Å². The first-order chi connectivity index (χ1) is 12.2. The fraction of sp³-hybridized carbons (Fsp3) is 0.125. The van der Waals surface area contributed by atoms with E-state index in [1.807, 2.05) is 0 Å². The van der Waals surface area contributed by atoms with E-state index >= 15 is 0 Å². The molecule has 0 aliphatic carbocycles. The minimum absolute atomic E-state index is 0.0167. The Balaban J connectivity index is 2.14. The van der Waals surface area contributed by atoms with E-state index in [4.69, 9.17) is 4.74 Å². The van der Waals surface area contributed by atoms with Gasteiger partial charge in [-0.3, -0.25) is 25.0 Å². The smallest absolute Gasteiger partial charge is 0.338 e. The van der Waals surface area contributed by atoms with Crippen molar-refractivity contribution in [2.24, 2.45) is 0 Å². The molecule has 0 aromatic heterocycles. The van der Waals surface area contributed by atoms with E-state index in [1.54, 1.807) is 0 Å². The van der Waals surface area contributed by atoms with Crippen LogP contribution in [0.3, 0.4) is 0 Å². The van der Waals surface area contributed by atoms with Gasteiger partial charge in [0.15, 0.2) is 6.61 Å². The molecule has 2 aromatic rings. The number of nitro groups is 2. The largest absolute Gasteiger partial charge is 0.454 e. The monoisotopic (exact) mass is 422 g/mol. The fourth-order valence-corrected chi connectivity index (χ4v) is 2.51. The van der Waals surface area contributed by atoms with Crippen LogP contribution >= 0.6 is 15.9 Å². The summed E-state index contributed by atoms with van der Waals surface area (Å²) in [5.74, 6) is -1.56. The SMILES string of the molecule is Cc1c(Br)cc(C(=O)OCC(=O)c2cccc([N+](=O)[O-])c2)cc1[N+](=O)[O-]. The summed E-state index contributed by atoms with van der Waals surface area (Å²) in [5, 5.41) is 21.7. The van der Waals surface area contributed by atoms with Crippen molar-refractivity contribution in [3.8, 4) is 0 Å². The van der Waals surface area contributed by atoms with Crippen molar-refractivity contribution >= 4 is 39.1 Å². The first kappa shape index (κ1) is 19.2. The first-order valence-electron chi connectivity index (χ1n) is 7.10. The lowest BCUT2D eigenvalue weighted by atomic mass is 10.1. The number of hydrogen-bond acceptors (Lipinski definition) is 7. The fourth-order valence-electron chi connectivity index (χ4n) is 2.06. The van der Waals surface area contributed by atoms with Crippen LogP contribution in [-0.2, 0) is 4.74 Å². The molecule has 0 fully saturated rings. The Morgan fingerprint density at radius 3 is 2.38 bits per heavy atom. The normalized spacial score (nSPS) is 10.2. The topological polar surface area (TPSA) is 130 Å². The summed E-state index contributed by atoms with van der Waals surface area (Å²) in [6.07, 6.45) is 0. The predicted octanol–water partition coefficient (Wildman–Crippen LogP) is 3.61. The van der Waals surface area contributed by atoms with Crippen LogP contribution in [0.15, 0.2) is 40.9 Å². The third kappa shape index (κ3) is 4.28. The number of Topliss-reactive ketones (excluding diaryl/α,β-unsaturated/α-hetero) is 1. The molecule has 0 unspecified atom stereocenters. The van der Waals surface area contributed by atoms with Gasteiger partial charge in [0, 0.05) is 33.8 Å². The van der Waals surface area contributed by atoms with Crippen LogP contribution in [0.4, 0.5) is 11.4 Å². The van der Waals surface area contributed by atoms with Crippen LogP contribution in [0.2, 0.25) is 0 Å². The summed E-state index contributed by atoms with van der Waals surface area (Å²) < 4.78 is 5.22. The van der Waals surface area contributed by atoms with Crippen LogP contribution in [0.1, 0.15) is 26.3 Å². The molecule has 9 nitrogen and oxygen atoms in total. The highest BCUT2D eigenvalue weighted by atomic mass is 79.9. The number of rotatable bonds is 6. The molecule has 2 rings (SSSR count). The van der Waals surface area contributed by atoms with Gasteiger partial charge >= 0.3 is 5.97 Å². The quantitative estimate of drug-likeness (QED) is 0.300. The summed E-state index contributed by atoms with van der Waals surface area (Å²) in [6, 6.07) is 7.40. The molecular formula is C16H11BrN2O7. The van der Waals surface area contributed by atoms with Crippen molar-refractivity contribution in [3.63, 3.8) is 0 Å². The Labute approximate surface area is 155 Å². The highest BCUT2D eigenvalue weighted by molar-refractivity contribution is 9.10. The number of ether oxygens (including phenoxy) is 1. The van der Waals surface area contributed by atoms with Gasteiger partial charge in [0.2, 0.25) is 5.78 Å². The zero-order valence-corrected chi connectivity index (χ0v) is 14.9. The average molecular weight is 423 g/mol. The lowest BCUT2D eigenvalue weighted by Crippen LogP contribution is -2.15. The lowest BCUT2D eigenvalue weighted by Gasteiger charge is -2.07. The predicted molar refractivity (Wildman–Crippen MR) is 93.2 cm³/mol. The molecule has 134 valence electrons. The average Bonchev–Trinajstić information content (AvgIpc) is 2.61. The first-order valence-corrected chi connectivity index (χ1v) is 7.89. The minimum Gasteiger partial charge on any atom is -0.454 e. The van der Waals surface area contributed by atoms with Crippen LogP contribution in [-0.4, -0.2) is 28.2 Å². The maximum absolute atomic E-state index is 12.1. The molecule has 0 aliphatic heterocycles. The number of carbonyl (C=O) groups excluding carboxylic acids is 2. The van der Waals surface area contributed by atoms with E-state index in [0.717, 1.165) is 12.1 Å². The Morgan fingerprint density at radius 1 is 1.08 bits per heavy atom. The zero-order valence-electron chi connectivity index (χ0n) is 13.3. The number of ketones is 1. The molecule has 0 aliphatic rings. The zero-order chi connectivity index (χ0) is 19.4. The lowest BCUT2D eigenvalue weighted by molar-refractivity contribution is -0.385. The maximum Gasteiger partial charge on any atom is 0.338 e. The van der Waals surface area contributed by atoms with Gasteiger partial charge in [0.25, 0.3) is 11.4 Å². The van der Waals surface area contributed by atoms with E-state index in [2.05, 4.69) is 15.9 Å². The van der Waals surface area contributed by atoms with E-state index in [9.17, 15) is 29.8 Å². The van der Waals surface area contributed by atoms with Gasteiger partial charge < -0.3 is 4.74 Å². The molecule has 0 saturated carbocycles. The number of non-ortho nitro benzene ring substituents is 1. The molecule has 0 bridgehead atoms. The third-order valence-electron chi connectivity index (χ3n) is 3.46. The molecule has 0 saturated heterocycles. The number of benzene rings is 2. The summed E-state index contributed by atoms with van der Waals surface area (Å²) >= 11 is 3.13. The Kier molecular flexibility index (Phi) is 5.78. The van der Waals surface area contributed by atoms with Crippen molar-refractivity contribution in [1.29, 1.82) is 0 Å². The molecule has 0 spiro atoms. The van der Waals surface area contributed by atoms with Crippen molar-refractivity contribution in [2.75, 3.05) is 6.61 Å². The molecule has 0 amide bonds. The summed E-state index contributed by atoms with van der Waals surface area (Å²) in [4.78, 5) is 44.6. The standard InChI is InChI=1S/C16H11BrN2O7/c1-9-13(17)6-11(7-14(9)19(24)25)16(21)26-8-15(20)10-3-2-4-12(5-10)18(22)23/h2-7H,8H2,1H3. The third-order valence-corrected chi connectivity index (χ3v) is 4.29. The number of carbonyl (C=O) groups is 2. The second-order valence-electron chi connectivity index (χ2n) is 5.17. The number of nitrogens with zero attached hydrogens (tertiary/aromatic N) is 2. The second kappa shape index (κ2) is 7.83. The van der Waals surface area contributed by atoms with Gasteiger partial charge in [-0.05, 0) is 13.0 Å². The summed E-state index contributed by atoms with van der Waals surface area (Å²) in [5.41, 5.74) is -0.264. The van der Waals surface area contributed by atoms with Crippen LogP contribution in [0.25, 0.3) is 0 Å². The highest BCUT2D eigenvalue weighted by Gasteiger charge is 2.20. The number of hydrogen-bond donors (Lipinski definition) is 0. The van der Waals surface area contributed by atoms with Gasteiger partial charge in [-0.1, -0.05) is 28.1 Å². The van der Waals surface area contributed by atoms with Crippen LogP contribution in [0, 0.1) is 27.2 Å². The molecule has 0 heterocycles. The molecule has 0 N–H and O–H groups in total. The molecule has 10 heteroatoms. The molecular weight excluding hydrogens is 412 g/mol. The van der Waals surface area contributed by atoms with Gasteiger partial charge in [0.1, 0.15) is 0 Å². The summed E-state index contributed by atoms with van der Waals surface area (Å²) in [7, 11) is 0.